The number of ether oxygens (including phenoxy) is 1. The third-order valence-corrected chi connectivity index (χ3v) is 3.12. The second-order valence-corrected chi connectivity index (χ2v) is 6.73. The van der Waals surface area contributed by atoms with Crippen LogP contribution in [0.3, 0.4) is 0 Å². The number of amides is 1. The molecule has 1 aromatic carbocycles. The Labute approximate surface area is 137 Å². The normalized spacial score (nSPS) is 11.6. The Morgan fingerprint density at radius 3 is 2.57 bits per heavy atom. The van der Waals surface area contributed by atoms with E-state index in [1.165, 1.54) is 12.1 Å². The van der Waals surface area contributed by atoms with Gasteiger partial charge in [-0.1, -0.05) is 6.07 Å². The molecule has 130 valence electrons. The number of carbonyl (C=O) groups is 1. The molecule has 23 heavy (non-hydrogen) atoms. The number of nitrogens with one attached hydrogen (secondary N) is 1. The van der Waals surface area contributed by atoms with Crippen LogP contribution in [0.2, 0.25) is 0 Å². The number of carbonyl (C=O) groups excluding carboxylic acids is 1. The molecule has 0 spiro atoms. The number of phenols is 1. The lowest BCUT2D eigenvalue weighted by Gasteiger charge is -2.30. The Kier molecular flexibility index (Phi) is 6.81. The average molecular weight is 326 g/mol. The van der Waals surface area contributed by atoms with E-state index in [-0.39, 0.29) is 17.9 Å². The Balaban J connectivity index is 2.47. The molecule has 1 amide bonds. The number of hydrogen-bond donors (Lipinski definition) is 2. The van der Waals surface area contributed by atoms with Crippen molar-refractivity contribution in [1.29, 1.82) is 0 Å². The topological polar surface area (TPSA) is 61.8 Å². The summed E-state index contributed by atoms with van der Waals surface area (Å²) in [7, 11) is 0. The van der Waals surface area contributed by atoms with E-state index in [0.29, 0.717) is 19.6 Å². The first kappa shape index (κ1) is 19.2. The Bertz CT molecular complexity index is 527. The van der Waals surface area contributed by atoms with Crippen LogP contribution < -0.4 is 5.32 Å². The van der Waals surface area contributed by atoms with E-state index in [1.807, 2.05) is 34.6 Å². The van der Waals surface area contributed by atoms with Crippen molar-refractivity contribution in [3.63, 3.8) is 0 Å². The maximum absolute atomic E-state index is 13.2. The minimum atomic E-state index is -0.637. The van der Waals surface area contributed by atoms with Crippen LogP contribution in [0, 0.1) is 5.82 Å². The zero-order valence-electron chi connectivity index (χ0n) is 14.5. The molecule has 0 saturated carbocycles. The molecular formula is C17H27FN2O3. The van der Waals surface area contributed by atoms with Crippen LogP contribution in [0.4, 0.5) is 9.18 Å². The number of rotatable bonds is 6. The third kappa shape index (κ3) is 6.86. The molecule has 1 aromatic rings. The number of aromatic hydroxyl groups is 1. The van der Waals surface area contributed by atoms with Crippen molar-refractivity contribution in [2.45, 2.75) is 52.8 Å². The summed E-state index contributed by atoms with van der Waals surface area (Å²) >= 11 is 0. The molecule has 0 bridgehead atoms. The van der Waals surface area contributed by atoms with E-state index >= 15 is 0 Å². The average Bonchev–Trinajstić information content (AvgIpc) is 2.40. The predicted molar refractivity (Wildman–Crippen MR) is 87.8 cm³/mol. The van der Waals surface area contributed by atoms with Gasteiger partial charge in [0.1, 0.15) is 5.60 Å². The van der Waals surface area contributed by atoms with Gasteiger partial charge in [-0.15, -0.1) is 0 Å². The monoisotopic (exact) mass is 326 g/mol. The maximum Gasteiger partial charge on any atom is 0.410 e. The summed E-state index contributed by atoms with van der Waals surface area (Å²) in [4.78, 5) is 13.8. The Morgan fingerprint density at radius 1 is 1.39 bits per heavy atom. The van der Waals surface area contributed by atoms with Crippen LogP contribution in [0.25, 0.3) is 0 Å². The number of nitrogens with zero attached hydrogens (tertiary/aromatic N) is 1. The molecule has 0 saturated heterocycles. The van der Waals surface area contributed by atoms with Crippen LogP contribution in [0.15, 0.2) is 18.2 Å². The van der Waals surface area contributed by atoms with Gasteiger partial charge in [-0.25, -0.2) is 9.18 Å². The largest absolute Gasteiger partial charge is 0.505 e. The summed E-state index contributed by atoms with van der Waals surface area (Å²) in [5.41, 5.74) is 0.204. The number of phenolic OH excluding ortho intramolecular Hbond substituents is 1. The molecule has 0 aliphatic carbocycles. The quantitative estimate of drug-likeness (QED) is 0.788. The van der Waals surface area contributed by atoms with E-state index in [1.54, 1.807) is 11.0 Å². The second kappa shape index (κ2) is 8.15. The minimum absolute atomic E-state index is 0.0257. The first-order valence-corrected chi connectivity index (χ1v) is 7.78. The smallest absolute Gasteiger partial charge is 0.410 e. The SMILES string of the molecule is CC(C)N(CCNCc1ccc(O)c(F)c1)C(=O)OC(C)(C)C. The zero-order valence-corrected chi connectivity index (χ0v) is 14.5. The summed E-state index contributed by atoms with van der Waals surface area (Å²) in [6.07, 6.45) is -0.343. The van der Waals surface area contributed by atoms with E-state index < -0.39 is 11.4 Å². The van der Waals surface area contributed by atoms with Crippen LogP contribution >= 0.6 is 0 Å². The molecule has 0 heterocycles. The lowest BCUT2D eigenvalue weighted by molar-refractivity contribution is 0.0193. The first-order valence-electron chi connectivity index (χ1n) is 7.78. The lowest BCUT2D eigenvalue weighted by atomic mass is 10.2. The fourth-order valence-electron chi connectivity index (χ4n) is 1.97. The van der Waals surface area contributed by atoms with Gasteiger partial charge >= 0.3 is 6.09 Å². The molecule has 0 radical (unpaired) electrons. The summed E-state index contributed by atoms with van der Waals surface area (Å²) in [6, 6.07) is 4.29. The van der Waals surface area contributed by atoms with Crippen molar-refractivity contribution in [1.82, 2.24) is 10.2 Å². The fourth-order valence-corrected chi connectivity index (χ4v) is 1.97. The van der Waals surface area contributed by atoms with Crippen LogP contribution in [0.1, 0.15) is 40.2 Å². The van der Waals surface area contributed by atoms with E-state index in [4.69, 9.17) is 9.84 Å². The first-order chi connectivity index (χ1) is 10.6. The summed E-state index contributed by atoms with van der Waals surface area (Å²) in [5.74, 6) is -0.994. The molecular weight excluding hydrogens is 299 g/mol. The van der Waals surface area contributed by atoms with Gasteiger partial charge < -0.3 is 20.1 Å². The highest BCUT2D eigenvalue weighted by Crippen LogP contribution is 2.16. The highest BCUT2D eigenvalue weighted by Gasteiger charge is 2.23. The van der Waals surface area contributed by atoms with Crippen molar-refractivity contribution in [2.24, 2.45) is 0 Å². The van der Waals surface area contributed by atoms with Crippen molar-refractivity contribution >= 4 is 6.09 Å². The third-order valence-electron chi connectivity index (χ3n) is 3.12. The fraction of sp³-hybridized carbons (Fsp3) is 0.588. The lowest BCUT2D eigenvalue weighted by Crippen LogP contribution is -2.44. The number of hydrogen-bond acceptors (Lipinski definition) is 4. The summed E-state index contributed by atoms with van der Waals surface area (Å²) in [6.45, 7) is 10.9. The molecule has 5 nitrogen and oxygen atoms in total. The van der Waals surface area contributed by atoms with Crippen molar-refractivity contribution < 1.29 is 19.0 Å². The van der Waals surface area contributed by atoms with Crippen LogP contribution in [-0.2, 0) is 11.3 Å². The van der Waals surface area contributed by atoms with Gasteiger partial charge in [-0.3, -0.25) is 0 Å². The Hall–Kier alpha value is -1.82. The summed E-state index contributed by atoms with van der Waals surface area (Å²) in [5, 5.41) is 12.3. The van der Waals surface area contributed by atoms with Crippen LogP contribution in [0.5, 0.6) is 5.75 Å². The second-order valence-electron chi connectivity index (χ2n) is 6.73. The molecule has 0 aliphatic rings. The maximum atomic E-state index is 13.2. The van der Waals surface area contributed by atoms with Gasteiger partial charge in [-0.2, -0.15) is 0 Å². The highest BCUT2D eigenvalue weighted by atomic mass is 19.1. The van der Waals surface area contributed by atoms with Crippen molar-refractivity contribution in [3.8, 4) is 5.75 Å². The molecule has 1 rings (SSSR count). The number of benzene rings is 1. The molecule has 0 unspecified atom stereocenters. The standard InChI is InChI=1S/C17H27FN2O3/c1-12(2)20(16(22)23-17(3,4)5)9-8-19-11-13-6-7-15(21)14(18)10-13/h6-7,10,12,19,21H,8-9,11H2,1-5H3. The van der Waals surface area contributed by atoms with Gasteiger partial charge in [0.25, 0.3) is 0 Å². The van der Waals surface area contributed by atoms with E-state index in [2.05, 4.69) is 5.32 Å². The van der Waals surface area contributed by atoms with Gasteiger partial charge in [0, 0.05) is 25.7 Å². The van der Waals surface area contributed by atoms with E-state index in [9.17, 15) is 9.18 Å². The minimum Gasteiger partial charge on any atom is -0.505 e. The Morgan fingerprint density at radius 2 is 2.04 bits per heavy atom. The summed E-state index contributed by atoms with van der Waals surface area (Å²) < 4.78 is 18.6. The van der Waals surface area contributed by atoms with Gasteiger partial charge in [0.2, 0.25) is 0 Å². The van der Waals surface area contributed by atoms with Gasteiger partial charge in [0.15, 0.2) is 11.6 Å². The predicted octanol–water partition coefficient (Wildman–Crippen LogP) is 3.27. The van der Waals surface area contributed by atoms with E-state index in [0.717, 1.165) is 5.56 Å². The number of halogens is 1. The molecule has 2 N–H and O–H groups in total. The van der Waals surface area contributed by atoms with Gasteiger partial charge in [-0.05, 0) is 52.3 Å². The van der Waals surface area contributed by atoms with Crippen molar-refractivity contribution in [2.75, 3.05) is 13.1 Å². The van der Waals surface area contributed by atoms with Crippen molar-refractivity contribution in [3.05, 3.63) is 29.6 Å². The molecule has 0 atom stereocenters. The highest BCUT2D eigenvalue weighted by molar-refractivity contribution is 5.68. The molecule has 0 aliphatic heterocycles. The molecule has 0 aromatic heterocycles. The zero-order chi connectivity index (χ0) is 17.6. The molecule has 0 fully saturated rings. The van der Waals surface area contributed by atoms with Gasteiger partial charge in [0.05, 0.1) is 0 Å². The molecule has 6 heteroatoms. The van der Waals surface area contributed by atoms with Crippen LogP contribution in [-0.4, -0.2) is 40.8 Å².